The third-order valence-electron chi connectivity index (χ3n) is 9.85. The van der Waals surface area contributed by atoms with Crippen LogP contribution in [-0.2, 0) is 14.4 Å². The molecular formula is C42H80O6. The number of aliphatic carboxylic acids is 3. The first kappa shape index (κ1) is 48.3. The molecule has 0 spiro atoms. The predicted molar refractivity (Wildman–Crippen MR) is 204 cm³/mol. The van der Waals surface area contributed by atoms with E-state index in [9.17, 15) is 19.5 Å². The SMILES string of the molecule is CCCCCCCCCCCCCCCCCCCCC(CCCCCCCC)(CCCCCCCC)C(=O)O.O=C(O)/C=C\C(=O)O. The topological polar surface area (TPSA) is 112 Å². The molecule has 0 saturated heterocycles. The van der Waals surface area contributed by atoms with Gasteiger partial charge in [-0.3, -0.25) is 4.79 Å². The fourth-order valence-corrected chi connectivity index (χ4v) is 6.69. The van der Waals surface area contributed by atoms with Crippen molar-refractivity contribution in [3.05, 3.63) is 12.2 Å². The van der Waals surface area contributed by atoms with Crippen LogP contribution in [-0.4, -0.2) is 33.2 Å². The summed E-state index contributed by atoms with van der Waals surface area (Å²) in [6.07, 6.45) is 43.8. The molecule has 0 aromatic rings. The maximum atomic E-state index is 12.6. The molecule has 0 aliphatic heterocycles. The molecule has 0 rings (SSSR count). The number of hydrogen-bond donors (Lipinski definition) is 3. The van der Waals surface area contributed by atoms with Crippen molar-refractivity contribution in [3.63, 3.8) is 0 Å². The first-order chi connectivity index (χ1) is 23.3. The van der Waals surface area contributed by atoms with E-state index in [-0.39, 0.29) is 0 Å². The number of carboxylic acids is 3. The Hall–Kier alpha value is -1.85. The monoisotopic (exact) mass is 681 g/mol. The van der Waals surface area contributed by atoms with Crippen molar-refractivity contribution in [3.8, 4) is 0 Å². The number of hydrogen-bond acceptors (Lipinski definition) is 3. The Kier molecular flexibility index (Phi) is 38.2. The Morgan fingerprint density at radius 3 is 0.708 bits per heavy atom. The lowest BCUT2D eigenvalue weighted by atomic mass is 9.74. The van der Waals surface area contributed by atoms with E-state index < -0.39 is 23.3 Å². The minimum absolute atomic E-state index is 0.454. The van der Waals surface area contributed by atoms with E-state index in [0.717, 1.165) is 38.5 Å². The normalized spacial score (nSPS) is 11.5. The van der Waals surface area contributed by atoms with Gasteiger partial charge in [0.1, 0.15) is 0 Å². The van der Waals surface area contributed by atoms with E-state index in [4.69, 9.17) is 10.2 Å². The van der Waals surface area contributed by atoms with Crippen LogP contribution in [0.25, 0.3) is 0 Å². The predicted octanol–water partition coefficient (Wildman–Crippen LogP) is 13.7. The van der Waals surface area contributed by atoms with Gasteiger partial charge in [-0.15, -0.1) is 0 Å². The van der Waals surface area contributed by atoms with E-state index in [1.54, 1.807) is 0 Å². The largest absolute Gasteiger partial charge is 0.481 e. The lowest BCUT2D eigenvalue weighted by molar-refractivity contribution is -0.151. The van der Waals surface area contributed by atoms with Gasteiger partial charge in [-0.25, -0.2) is 9.59 Å². The molecule has 0 bridgehead atoms. The van der Waals surface area contributed by atoms with Gasteiger partial charge in [0.2, 0.25) is 0 Å². The van der Waals surface area contributed by atoms with Gasteiger partial charge in [0.25, 0.3) is 0 Å². The molecular weight excluding hydrogens is 600 g/mol. The molecule has 0 aliphatic rings. The summed E-state index contributed by atoms with van der Waals surface area (Å²) in [5, 5.41) is 26.0. The van der Waals surface area contributed by atoms with Crippen molar-refractivity contribution in [2.24, 2.45) is 5.41 Å². The van der Waals surface area contributed by atoms with Gasteiger partial charge >= 0.3 is 17.9 Å². The zero-order chi connectivity index (χ0) is 36.0. The lowest BCUT2D eigenvalue weighted by Gasteiger charge is -2.30. The van der Waals surface area contributed by atoms with Crippen LogP contribution < -0.4 is 0 Å². The van der Waals surface area contributed by atoms with E-state index >= 15 is 0 Å². The van der Waals surface area contributed by atoms with Crippen molar-refractivity contribution in [2.45, 2.75) is 233 Å². The number of unbranched alkanes of at least 4 members (excludes halogenated alkanes) is 27. The van der Waals surface area contributed by atoms with Crippen molar-refractivity contribution in [2.75, 3.05) is 0 Å². The third kappa shape index (κ3) is 35.5. The standard InChI is InChI=1S/C38H76O2.C4H4O4/c1-4-7-10-13-16-17-18-19-20-21-22-23-24-25-26-27-30-33-36-38(37(39)40,34-31-28-14-11-8-5-2)35-32-29-15-12-9-6-3;5-3(6)1-2-4(7)8/h4-36H2,1-3H3,(H,39,40);1-2H,(H,5,6)(H,7,8)/b;2-1-. The highest BCUT2D eigenvalue weighted by molar-refractivity contribution is 5.89. The first-order valence-electron chi connectivity index (χ1n) is 20.6. The summed E-state index contributed by atoms with van der Waals surface area (Å²) in [5.41, 5.74) is -0.454. The Morgan fingerprint density at radius 2 is 0.542 bits per heavy atom. The molecule has 0 fully saturated rings. The van der Waals surface area contributed by atoms with E-state index in [0.29, 0.717) is 12.2 Å². The van der Waals surface area contributed by atoms with E-state index in [2.05, 4.69) is 20.8 Å². The minimum atomic E-state index is -1.26. The number of rotatable bonds is 36. The van der Waals surface area contributed by atoms with Crippen LogP contribution in [0.5, 0.6) is 0 Å². The van der Waals surface area contributed by atoms with Crippen molar-refractivity contribution in [1.82, 2.24) is 0 Å². The van der Waals surface area contributed by atoms with Gasteiger partial charge in [0.15, 0.2) is 0 Å². The molecule has 48 heavy (non-hydrogen) atoms. The van der Waals surface area contributed by atoms with Crippen LogP contribution in [0.3, 0.4) is 0 Å². The average molecular weight is 681 g/mol. The van der Waals surface area contributed by atoms with Gasteiger partial charge in [-0.05, 0) is 19.3 Å². The van der Waals surface area contributed by atoms with Crippen LogP contribution >= 0.6 is 0 Å². The van der Waals surface area contributed by atoms with Crippen molar-refractivity contribution in [1.29, 1.82) is 0 Å². The summed E-state index contributed by atoms with van der Waals surface area (Å²) < 4.78 is 0. The molecule has 6 nitrogen and oxygen atoms in total. The second-order valence-corrected chi connectivity index (χ2v) is 14.4. The quantitative estimate of drug-likeness (QED) is 0.0448. The number of carboxylic acid groups (broad SMARTS) is 3. The molecule has 0 atom stereocenters. The van der Waals surface area contributed by atoms with Crippen molar-refractivity contribution >= 4 is 17.9 Å². The van der Waals surface area contributed by atoms with Gasteiger partial charge in [0, 0.05) is 12.2 Å². The summed E-state index contributed by atoms with van der Waals surface area (Å²) in [4.78, 5) is 31.7. The van der Waals surface area contributed by atoms with Gasteiger partial charge in [-0.1, -0.05) is 213 Å². The second-order valence-electron chi connectivity index (χ2n) is 14.4. The molecule has 0 unspecified atom stereocenters. The highest BCUT2D eigenvalue weighted by atomic mass is 16.4. The minimum Gasteiger partial charge on any atom is -0.481 e. The summed E-state index contributed by atoms with van der Waals surface area (Å²) in [6.45, 7) is 6.81. The summed E-state index contributed by atoms with van der Waals surface area (Å²) in [5.74, 6) is -3.01. The van der Waals surface area contributed by atoms with E-state index in [1.165, 1.54) is 173 Å². The Balaban J connectivity index is 0. The van der Waals surface area contributed by atoms with E-state index in [1.807, 2.05) is 0 Å². The van der Waals surface area contributed by atoms with Crippen LogP contribution in [0, 0.1) is 5.41 Å². The van der Waals surface area contributed by atoms with Crippen LogP contribution in [0.4, 0.5) is 0 Å². The highest BCUT2D eigenvalue weighted by Crippen LogP contribution is 2.38. The Labute approximate surface area is 297 Å². The van der Waals surface area contributed by atoms with Gasteiger partial charge in [-0.2, -0.15) is 0 Å². The molecule has 0 aromatic heterocycles. The zero-order valence-corrected chi connectivity index (χ0v) is 32.1. The summed E-state index contributed by atoms with van der Waals surface area (Å²) in [6, 6.07) is 0. The second kappa shape index (κ2) is 38.0. The summed E-state index contributed by atoms with van der Waals surface area (Å²) in [7, 11) is 0. The zero-order valence-electron chi connectivity index (χ0n) is 32.1. The molecule has 0 saturated carbocycles. The smallest absolute Gasteiger partial charge is 0.328 e. The third-order valence-corrected chi connectivity index (χ3v) is 9.85. The molecule has 0 amide bonds. The van der Waals surface area contributed by atoms with Crippen molar-refractivity contribution < 1.29 is 29.7 Å². The molecule has 0 aromatic carbocycles. The summed E-state index contributed by atoms with van der Waals surface area (Å²) >= 11 is 0. The molecule has 284 valence electrons. The molecule has 0 aliphatic carbocycles. The van der Waals surface area contributed by atoms with Crippen LogP contribution in [0.1, 0.15) is 233 Å². The average Bonchev–Trinajstić information content (AvgIpc) is 3.06. The molecule has 6 heteroatoms. The van der Waals surface area contributed by atoms with Crippen LogP contribution in [0.2, 0.25) is 0 Å². The fraction of sp³-hybridized carbons (Fsp3) is 0.881. The Bertz CT molecular complexity index is 714. The molecule has 0 radical (unpaired) electrons. The van der Waals surface area contributed by atoms with Gasteiger partial charge in [0.05, 0.1) is 5.41 Å². The lowest BCUT2D eigenvalue weighted by Crippen LogP contribution is -2.31. The van der Waals surface area contributed by atoms with Gasteiger partial charge < -0.3 is 15.3 Å². The van der Waals surface area contributed by atoms with Crippen LogP contribution in [0.15, 0.2) is 12.2 Å². The maximum Gasteiger partial charge on any atom is 0.328 e. The number of carbonyl (C=O) groups is 3. The highest BCUT2D eigenvalue weighted by Gasteiger charge is 2.36. The molecule has 0 heterocycles. The first-order valence-corrected chi connectivity index (χ1v) is 20.6. The maximum absolute atomic E-state index is 12.6. The molecule has 3 N–H and O–H groups in total. The fourth-order valence-electron chi connectivity index (χ4n) is 6.69. The Morgan fingerprint density at radius 1 is 0.354 bits per heavy atom.